The molecule has 1 atom stereocenters. The molecule has 1 unspecified atom stereocenters. The van der Waals surface area contributed by atoms with Gasteiger partial charge in [-0.05, 0) is 80.3 Å². The number of carbonyl (C=O) groups excluding carboxylic acids is 2. The number of hydrogen-bond acceptors (Lipinski definition) is 5. The molecule has 0 saturated carbocycles. The minimum atomic E-state index is -0.524. The molecule has 0 radical (unpaired) electrons. The van der Waals surface area contributed by atoms with Gasteiger partial charge in [-0.2, -0.15) is 10.4 Å². The number of nitrogens with zero attached hydrogens (tertiary/aromatic N) is 3. The first kappa shape index (κ1) is 32.6. The Kier molecular flexibility index (Phi) is 11.1. The summed E-state index contributed by atoms with van der Waals surface area (Å²) in [5.41, 5.74) is 5.77. The number of amides is 1. The van der Waals surface area contributed by atoms with Gasteiger partial charge < -0.3 is 10.1 Å². The molecule has 1 N–H and O–H groups in total. The number of hydrogen-bond donors (Lipinski definition) is 1. The zero-order valence-electron chi connectivity index (χ0n) is 26.7. The Morgan fingerprint density at radius 2 is 1.70 bits per heavy atom. The Morgan fingerprint density at radius 1 is 1.02 bits per heavy atom. The molecule has 0 aliphatic heterocycles. The molecule has 0 spiro atoms. The van der Waals surface area contributed by atoms with Crippen LogP contribution in [0.4, 0.5) is 0 Å². The van der Waals surface area contributed by atoms with Crippen LogP contribution in [0.25, 0.3) is 22.0 Å². The number of Topliss-reactive ketones (excluding diaryl/α,β-unsaturated/α-hetero) is 1. The maximum absolute atomic E-state index is 13.0. The fourth-order valence-corrected chi connectivity index (χ4v) is 5.67. The molecule has 0 saturated heterocycles. The summed E-state index contributed by atoms with van der Waals surface area (Å²) in [5, 5.41) is 18.1. The highest BCUT2D eigenvalue weighted by Crippen LogP contribution is 2.27. The van der Waals surface area contributed by atoms with Crippen LogP contribution in [0.2, 0.25) is 0 Å². The molecule has 7 heteroatoms. The van der Waals surface area contributed by atoms with Crippen molar-refractivity contribution in [3.63, 3.8) is 0 Å². The molecule has 230 valence electrons. The lowest BCUT2D eigenvalue weighted by atomic mass is 9.85. The number of fused-ring (bicyclic) bond motifs is 1. The van der Waals surface area contributed by atoms with Crippen LogP contribution in [0, 0.1) is 24.2 Å². The number of nitriles is 1. The average Bonchev–Trinajstić information content (AvgIpc) is 3.45. The third kappa shape index (κ3) is 8.00. The molecule has 0 fully saturated rings. The number of ketones is 1. The van der Waals surface area contributed by atoms with E-state index in [1.165, 1.54) is 0 Å². The molecule has 4 aromatic rings. The summed E-state index contributed by atoms with van der Waals surface area (Å²) in [6.07, 6.45) is 6.47. The number of aromatic nitrogens is 2. The monoisotopic (exact) mass is 592 g/mol. The predicted octanol–water partition coefficient (Wildman–Crippen LogP) is 7.66. The lowest BCUT2D eigenvalue weighted by molar-refractivity contribution is 0.0935. The molecule has 0 aliphatic carbocycles. The summed E-state index contributed by atoms with van der Waals surface area (Å²) in [6.45, 7) is 9.71. The summed E-state index contributed by atoms with van der Waals surface area (Å²) in [5.74, 6) is 0.470. The van der Waals surface area contributed by atoms with Crippen LogP contribution < -0.4 is 5.32 Å². The van der Waals surface area contributed by atoms with Gasteiger partial charge in [0.05, 0.1) is 23.6 Å². The largest absolute Gasteiger partial charge is 0.383 e. The Balaban J connectivity index is 1.33. The highest BCUT2D eigenvalue weighted by molar-refractivity contribution is 6.00. The number of aryl methyl sites for hydroxylation is 1. The van der Waals surface area contributed by atoms with Gasteiger partial charge in [0.2, 0.25) is 0 Å². The number of benzene rings is 3. The summed E-state index contributed by atoms with van der Waals surface area (Å²) in [6, 6.07) is 22.0. The van der Waals surface area contributed by atoms with Crippen molar-refractivity contribution in [3.05, 3.63) is 89.1 Å². The quantitative estimate of drug-likeness (QED) is 0.113. The van der Waals surface area contributed by atoms with Crippen molar-refractivity contribution in [2.45, 2.75) is 71.8 Å². The van der Waals surface area contributed by atoms with Crippen LogP contribution in [0.3, 0.4) is 0 Å². The molecular formula is C37H44N4O3. The minimum absolute atomic E-state index is 0.104. The molecule has 0 aliphatic rings. The van der Waals surface area contributed by atoms with E-state index in [1.54, 1.807) is 7.11 Å². The first-order chi connectivity index (χ1) is 21.2. The van der Waals surface area contributed by atoms with Gasteiger partial charge in [0.15, 0.2) is 5.78 Å². The molecule has 4 rings (SSSR count). The third-order valence-corrected chi connectivity index (χ3v) is 8.43. The number of rotatable bonds is 15. The normalized spacial score (nSPS) is 12.2. The van der Waals surface area contributed by atoms with Crippen molar-refractivity contribution in [2.75, 3.05) is 20.3 Å². The van der Waals surface area contributed by atoms with E-state index in [2.05, 4.69) is 18.3 Å². The second-order valence-electron chi connectivity index (χ2n) is 12.1. The Morgan fingerprint density at radius 3 is 2.34 bits per heavy atom. The van der Waals surface area contributed by atoms with Crippen LogP contribution in [0.1, 0.15) is 84.7 Å². The lowest BCUT2D eigenvalue weighted by Gasteiger charge is -2.16. The Hall–Kier alpha value is -4.28. The highest BCUT2D eigenvalue weighted by atomic mass is 16.5. The third-order valence-electron chi connectivity index (χ3n) is 8.43. The van der Waals surface area contributed by atoms with Gasteiger partial charge in [-0.3, -0.25) is 14.3 Å². The van der Waals surface area contributed by atoms with Gasteiger partial charge in [-0.1, -0.05) is 61.9 Å². The van der Waals surface area contributed by atoms with Gasteiger partial charge in [-0.15, -0.1) is 0 Å². The second kappa shape index (κ2) is 14.9. The van der Waals surface area contributed by atoms with E-state index < -0.39 is 5.41 Å². The van der Waals surface area contributed by atoms with Crippen molar-refractivity contribution in [2.24, 2.45) is 5.92 Å². The van der Waals surface area contributed by atoms with E-state index in [0.29, 0.717) is 31.1 Å². The van der Waals surface area contributed by atoms with Crippen molar-refractivity contribution in [3.8, 4) is 17.2 Å². The SMILES string of the molecule is CCCC(CCCC(=O)c1ccc(-c2ccc(C(C)(C)C#N)cc2)cc1)Cn1cc2c(C)c(C(=O)NCCOC)ccc2n1. The van der Waals surface area contributed by atoms with E-state index in [0.717, 1.165) is 70.9 Å². The topological polar surface area (TPSA) is 97.0 Å². The predicted molar refractivity (Wildman–Crippen MR) is 176 cm³/mol. The number of methoxy groups -OCH3 is 1. The van der Waals surface area contributed by atoms with Crippen LogP contribution in [-0.2, 0) is 16.7 Å². The van der Waals surface area contributed by atoms with Crippen LogP contribution in [0.5, 0.6) is 0 Å². The van der Waals surface area contributed by atoms with E-state index in [-0.39, 0.29) is 11.7 Å². The van der Waals surface area contributed by atoms with Crippen molar-refractivity contribution < 1.29 is 14.3 Å². The number of carbonyl (C=O) groups is 2. The fourth-order valence-electron chi connectivity index (χ4n) is 5.67. The molecule has 44 heavy (non-hydrogen) atoms. The zero-order valence-corrected chi connectivity index (χ0v) is 26.7. The first-order valence-electron chi connectivity index (χ1n) is 15.6. The molecule has 1 heterocycles. The van der Waals surface area contributed by atoms with Gasteiger partial charge in [0.1, 0.15) is 0 Å². The van der Waals surface area contributed by atoms with Gasteiger partial charge in [0.25, 0.3) is 5.91 Å². The fraction of sp³-hybridized carbons (Fsp3) is 0.405. The van der Waals surface area contributed by atoms with Crippen molar-refractivity contribution in [1.82, 2.24) is 15.1 Å². The molecule has 7 nitrogen and oxygen atoms in total. The lowest BCUT2D eigenvalue weighted by Crippen LogP contribution is -2.27. The minimum Gasteiger partial charge on any atom is -0.383 e. The number of nitrogens with one attached hydrogen (secondary N) is 1. The van der Waals surface area contributed by atoms with Gasteiger partial charge in [-0.25, -0.2) is 0 Å². The van der Waals surface area contributed by atoms with Crippen LogP contribution in [0.15, 0.2) is 66.9 Å². The standard InChI is InChI=1S/C37H44N4O3/c1-6-8-27(23-41-24-33-26(2)32(19-20-34(33)40-41)36(43)39-21-22-44-5)9-7-10-35(42)30-13-11-28(12-14-30)29-15-17-31(18-16-29)37(3,4)25-38/h11-20,24,27H,6-10,21-23H2,1-5H3,(H,39,43). The number of ether oxygens (including phenoxy) is 1. The first-order valence-corrected chi connectivity index (χ1v) is 15.6. The summed E-state index contributed by atoms with van der Waals surface area (Å²) in [7, 11) is 1.61. The van der Waals surface area contributed by atoms with E-state index in [4.69, 9.17) is 9.84 Å². The maximum Gasteiger partial charge on any atom is 0.251 e. The molecule has 1 amide bonds. The zero-order chi connectivity index (χ0) is 31.7. The average molecular weight is 593 g/mol. The van der Waals surface area contributed by atoms with Crippen molar-refractivity contribution in [1.29, 1.82) is 5.26 Å². The van der Waals surface area contributed by atoms with Crippen molar-refractivity contribution >= 4 is 22.6 Å². The van der Waals surface area contributed by atoms with E-state index >= 15 is 0 Å². The second-order valence-corrected chi connectivity index (χ2v) is 12.1. The smallest absolute Gasteiger partial charge is 0.251 e. The highest BCUT2D eigenvalue weighted by Gasteiger charge is 2.19. The molecular weight excluding hydrogens is 548 g/mol. The molecule has 1 aromatic heterocycles. The summed E-state index contributed by atoms with van der Waals surface area (Å²) >= 11 is 0. The summed E-state index contributed by atoms with van der Waals surface area (Å²) < 4.78 is 7.03. The summed E-state index contributed by atoms with van der Waals surface area (Å²) in [4.78, 5) is 25.6. The van der Waals surface area contributed by atoms with Gasteiger partial charge in [0, 0.05) is 49.3 Å². The Labute approximate surface area is 261 Å². The van der Waals surface area contributed by atoms with Crippen LogP contribution >= 0.6 is 0 Å². The van der Waals surface area contributed by atoms with E-state index in [9.17, 15) is 14.9 Å². The van der Waals surface area contributed by atoms with Crippen LogP contribution in [-0.4, -0.2) is 41.7 Å². The van der Waals surface area contributed by atoms with Gasteiger partial charge >= 0.3 is 0 Å². The molecule has 0 bridgehead atoms. The van der Waals surface area contributed by atoms with E-state index in [1.807, 2.05) is 92.3 Å². The Bertz CT molecular complexity index is 1610. The molecule has 3 aromatic carbocycles. The maximum atomic E-state index is 13.0.